The minimum Gasteiger partial charge on any atom is -0.293 e. The lowest BCUT2D eigenvalue weighted by Crippen LogP contribution is -2.48. The van der Waals surface area contributed by atoms with Gasteiger partial charge in [0.05, 0.1) is 14.1 Å². The monoisotopic (exact) mass is 461 g/mol. The molecule has 1 aromatic heterocycles. The Bertz CT molecular complexity index is 614. The van der Waals surface area contributed by atoms with Crippen LogP contribution in [0.3, 0.4) is 0 Å². The van der Waals surface area contributed by atoms with E-state index in [-0.39, 0.29) is 12.3 Å². The molecule has 1 aliphatic heterocycles. The number of thioether (sulfide) groups is 1. The van der Waals surface area contributed by atoms with E-state index < -0.39 is 15.2 Å². The number of Topliss-reactive ketones (excluding diaryl/α,β-unsaturated/α-hetero) is 1. The maximum atomic E-state index is 12.3. The van der Waals surface area contributed by atoms with E-state index in [1.54, 1.807) is 22.7 Å². The Balaban J connectivity index is 2.15. The summed E-state index contributed by atoms with van der Waals surface area (Å²) in [7, 11) is -3.17. The van der Waals surface area contributed by atoms with Gasteiger partial charge in [0.1, 0.15) is 5.37 Å². The first-order valence-electron chi connectivity index (χ1n) is 5.77. The number of thiophene rings is 1. The molecule has 2 rings (SSSR count). The molecule has 1 atom stereocenters. The molecule has 0 aromatic carbocycles. The summed E-state index contributed by atoms with van der Waals surface area (Å²) >= 11 is 9.76. The summed E-state index contributed by atoms with van der Waals surface area (Å²) in [4.78, 5) is 14.1. The van der Waals surface area contributed by atoms with Crippen LogP contribution in [0.25, 0.3) is 0 Å². The number of halogens is 2. The van der Waals surface area contributed by atoms with E-state index in [0.29, 0.717) is 17.9 Å². The van der Waals surface area contributed by atoms with Gasteiger partial charge in [0.25, 0.3) is 0 Å². The Hall–Kier alpha value is 0.590. The van der Waals surface area contributed by atoms with E-state index in [1.807, 2.05) is 0 Å². The summed E-state index contributed by atoms with van der Waals surface area (Å²) in [5.74, 6) is 1.33. The molecule has 1 fully saturated rings. The second-order valence-electron chi connectivity index (χ2n) is 4.49. The Morgan fingerprint density at radius 1 is 1.50 bits per heavy atom. The highest BCUT2D eigenvalue weighted by Gasteiger charge is 2.32. The molecule has 2 heterocycles. The minimum atomic E-state index is -3.17. The molecule has 1 saturated heterocycles. The van der Waals surface area contributed by atoms with Gasteiger partial charge in [-0.15, -0.1) is 11.3 Å². The fourth-order valence-electron chi connectivity index (χ4n) is 1.99. The van der Waals surface area contributed by atoms with Crippen molar-refractivity contribution < 1.29 is 13.2 Å². The molecule has 1 aliphatic rings. The lowest BCUT2D eigenvalue weighted by atomic mass is 10.2. The summed E-state index contributed by atoms with van der Waals surface area (Å²) in [5, 5.41) is -0.564. The van der Waals surface area contributed by atoms with Crippen LogP contribution in [0.4, 0.5) is 0 Å². The first-order chi connectivity index (χ1) is 9.29. The number of ketones is 1. The van der Waals surface area contributed by atoms with E-state index >= 15 is 0 Å². The fraction of sp³-hybridized carbons (Fsp3) is 0.545. The van der Waals surface area contributed by atoms with Gasteiger partial charge in [-0.3, -0.25) is 9.69 Å². The van der Waals surface area contributed by atoms with Crippen LogP contribution in [-0.2, 0) is 9.84 Å². The van der Waals surface area contributed by atoms with Crippen molar-refractivity contribution in [2.75, 3.05) is 30.9 Å². The molecular formula is C11H13Br2NO3S3. The highest BCUT2D eigenvalue weighted by molar-refractivity contribution is 9.12. The Morgan fingerprint density at radius 2 is 2.20 bits per heavy atom. The van der Waals surface area contributed by atoms with E-state index in [1.165, 1.54) is 17.6 Å². The van der Waals surface area contributed by atoms with Crippen LogP contribution in [0, 0.1) is 0 Å². The summed E-state index contributed by atoms with van der Waals surface area (Å²) < 4.78 is 25.3. The number of sulfone groups is 1. The third kappa shape index (κ3) is 4.07. The molecule has 1 aromatic rings. The largest absolute Gasteiger partial charge is 0.293 e. The quantitative estimate of drug-likeness (QED) is 0.644. The van der Waals surface area contributed by atoms with Crippen molar-refractivity contribution in [3.05, 3.63) is 19.2 Å². The van der Waals surface area contributed by atoms with Crippen LogP contribution in [0.15, 0.2) is 13.6 Å². The average Bonchev–Trinajstić information content (AvgIpc) is 2.68. The summed E-state index contributed by atoms with van der Waals surface area (Å²) in [6.07, 6.45) is 1.23. The predicted octanol–water partition coefficient (Wildman–Crippen LogP) is 2.88. The summed E-state index contributed by atoms with van der Waals surface area (Å²) in [6.45, 7) is 0.761. The number of hydrogen-bond acceptors (Lipinski definition) is 6. The SMILES string of the molecule is CS(=O)(=O)C1CSCCN1CC(=O)c1cc(Br)sc1Br. The number of nitrogens with zero attached hydrogens (tertiary/aromatic N) is 1. The molecular weight excluding hydrogens is 450 g/mol. The predicted molar refractivity (Wildman–Crippen MR) is 91.6 cm³/mol. The van der Waals surface area contributed by atoms with Crippen molar-refractivity contribution >= 4 is 70.6 Å². The minimum absolute atomic E-state index is 0.0561. The zero-order valence-electron chi connectivity index (χ0n) is 10.6. The Kier molecular flexibility index (Phi) is 5.75. The second kappa shape index (κ2) is 6.78. The molecule has 20 heavy (non-hydrogen) atoms. The van der Waals surface area contributed by atoms with Crippen molar-refractivity contribution in [2.45, 2.75) is 5.37 Å². The first-order valence-corrected chi connectivity index (χ1v) is 11.3. The van der Waals surface area contributed by atoms with Crippen LogP contribution in [0.5, 0.6) is 0 Å². The van der Waals surface area contributed by atoms with Crippen LogP contribution >= 0.6 is 55.0 Å². The molecule has 0 saturated carbocycles. The van der Waals surface area contributed by atoms with E-state index in [2.05, 4.69) is 31.9 Å². The van der Waals surface area contributed by atoms with Gasteiger partial charge in [-0.2, -0.15) is 11.8 Å². The number of rotatable bonds is 4. The lowest BCUT2D eigenvalue weighted by molar-refractivity contribution is 0.0928. The van der Waals surface area contributed by atoms with Gasteiger partial charge in [-0.25, -0.2) is 8.42 Å². The van der Waals surface area contributed by atoms with Crippen molar-refractivity contribution in [3.63, 3.8) is 0 Å². The molecule has 0 spiro atoms. The maximum Gasteiger partial charge on any atom is 0.178 e. The molecule has 4 nitrogen and oxygen atoms in total. The van der Waals surface area contributed by atoms with Gasteiger partial charge in [0.2, 0.25) is 0 Å². The fourth-order valence-corrected chi connectivity index (χ4v) is 7.79. The Labute approximate surface area is 143 Å². The number of carbonyl (C=O) groups excluding carboxylic acids is 1. The molecule has 112 valence electrons. The highest BCUT2D eigenvalue weighted by Crippen LogP contribution is 2.32. The first kappa shape index (κ1) is 17.0. The van der Waals surface area contributed by atoms with Gasteiger partial charge >= 0.3 is 0 Å². The van der Waals surface area contributed by atoms with Crippen LogP contribution < -0.4 is 0 Å². The number of hydrogen-bond donors (Lipinski definition) is 0. The average molecular weight is 463 g/mol. The van der Waals surface area contributed by atoms with E-state index in [9.17, 15) is 13.2 Å². The zero-order chi connectivity index (χ0) is 14.9. The van der Waals surface area contributed by atoms with E-state index in [0.717, 1.165) is 13.3 Å². The normalized spacial score (nSPS) is 21.1. The van der Waals surface area contributed by atoms with Gasteiger partial charge < -0.3 is 0 Å². The highest BCUT2D eigenvalue weighted by atomic mass is 79.9. The molecule has 1 unspecified atom stereocenters. The van der Waals surface area contributed by atoms with Crippen molar-refractivity contribution in [3.8, 4) is 0 Å². The van der Waals surface area contributed by atoms with E-state index in [4.69, 9.17) is 0 Å². The third-order valence-electron chi connectivity index (χ3n) is 2.99. The molecule has 0 N–H and O–H groups in total. The topological polar surface area (TPSA) is 54.5 Å². The maximum absolute atomic E-state index is 12.3. The number of carbonyl (C=O) groups is 1. The van der Waals surface area contributed by atoms with Crippen LogP contribution in [0.1, 0.15) is 10.4 Å². The summed E-state index contributed by atoms with van der Waals surface area (Å²) in [6, 6.07) is 1.77. The molecule has 0 aliphatic carbocycles. The molecule has 0 radical (unpaired) electrons. The van der Waals surface area contributed by atoms with Gasteiger partial charge in [-0.1, -0.05) is 0 Å². The zero-order valence-corrected chi connectivity index (χ0v) is 16.3. The standard InChI is InChI=1S/C11H13Br2NO3S3/c1-20(16,17)10-6-18-3-2-14(10)5-8(15)7-4-9(12)19-11(7)13/h4,10H,2-3,5-6H2,1H3. The Morgan fingerprint density at radius 3 is 2.75 bits per heavy atom. The van der Waals surface area contributed by atoms with Gasteiger partial charge in [-0.05, 0) is 37.9 Å². The van der Waals surface area contributed by atoms with Crippen molar-refractivity contribution in [2.24, 2.45) is 0 Å². The second-order valence-corrected chi connectivity index (χ2v) is 11.6. The van der Waals surface area contributed by atoms with Gasteiger partial charge in [0, 0.05) is 29.9 Å². The van der Waals surface area contributed by atoms with Crippen molar-refractivity contribution in [1.82, 2.24) is 4.90 Å². The summed E-state index contributed by atoms with van der Waals surface area (Å²) in [5.41, 5.74) is 0.604. The van der Waals surface area contributed by atoms with Crippen LogP contribution in [0.2, 0.25) is 0 Å². The molecule has 9 heteroatoms. The molecule has 0 amide bonds. The lowest BCUT2D eigenvalue weighted by Gasteiger charge is -2.33. The van der Waals surface area contributed by atoms with Crippen molar-refractivity contribution in [1.29, 1.82) is 0 Å². The molecule has 0 bridgehead atoms. The van der Waals surface area contributed by atoms with Crippen LogP contribution in [-0.4, -0.2) is 55.3 Å². The third-order valence-corrected chi connectivity index (χ3v) is 8.01. The van der Waals surface area contributed by atoms with Gasteiger partial charge in [0.15, 0.2) is 15.6 Å². The smallest absolute Gasteiger partial charge is 0.178 e.